The average molecular weight is 467 g/mol. The van der Waals surface area contributed by atoms with Crippen molar-refractivity contribution in [1.29, 1.82) is 0 Å². The van der Waals surface area contributed by atoms with Crippen LogP contribution in [0.15, 0.2) is 39.9 Å². The molecule has 3 rings (SSSR count). The van der Waals surface area contributed by atoms with E-state index in [1.165, 1.54) is 15.6 Å². The van der Waals surface area contributed by atoms with E-state index in [2.05, 4.69) is 5.32 Å². The number of methoxy groups -OCH3 is 1. The molecule has 2 heterocycles. The van der Waals surface area contributed by atoms with Crippen LogP contribution in [0.3, 0.4) is 0 Å². The second-order valence-corrected chi connectivity index (χ2v) is 11.1. The second kappa shape index (κ2) is 10.0. The highest BCUT2D eigenvalue weighted by Gasteiger charge is 2.34. The van der Waals surface area contributed by atoms with Crippen LogP contribution in [0.1, 0.15) is 45.2 Å². The summed E-state index contributed by atoms with van der Waals surface area (Å²) in [5.74, 6) is 0.746. The summed E-state index contributed by atoms with van der Waals surface area (Å²) in [7, 11) is -1.96. The van der Waals surface area contributed by atoms with Crippen molar-refractivity contribution in [2.24, 2.45) is 5.92 Å². The monoisotopic (exact) mass is 466 g/mol. The molecule has 1 fully saturated rings. The van der Waals surface area contributed by atoms with Crippen LogP contribution in [0.2, 0.25) is 0 Å². The first-order chi connectivity index (χ1) is 14.7. The lowest BCUT2D eigenvalue weighted by Crippen LogP contribution is -2.45. The van der Waals surface area contributed by atoms with Crippen LogP contribution in [0.5, 0.6) is 11.5 Å². The number of sulfonamides is 1. The predicted octanol–water partition coefficient (Wildman–Crippen LogP) is 3.82. The highest BCUT2D eigenvalue weighted by Crippen LogP contribution is 2.32. The van der Waals surface area contributed by atoms with Crippen molar-refractivity contribution >= 4 is 27.3 Å². The van der Waals surface area contributed by atoms with Gasteiger partial charge in [0.25, 0.3) is 10.0 Å². The molecule has 7 nitrogen and oxygen atoms in total. The smallest absolute Gasteiger partial charge is 0.252 e. The Hall–Kier alpha value is -2.10. The first kappa shape index (κ1) is 23.6. The molecule has 1 aliphatic rings. The Balaban J connectivity index is 1.67. The quantitative estimate of drug-likeness (QED) is 0.639. The van der Waals surface area contributed by atoms with E-state index in [1.54, 1.807) is 24.6 Å². The molecule has 0 bridgehead atoms. The minimum Gasteiger partial charge on any atom is -0.493 e. The fourth-order valence-corrected chi connectivity index (χ4v) is 6.30. The van der Waals surface area contributed by atoms with Crippen molar-refractivity contribution in [1.82, 2.24) is 9.62 Å². The molecule has 1 aliphatic heterocycles. The Morgan fingerprint density at radius 1 is 1.23 bits per heavy atom. The van der Waals surface area contributed by atoms with Gasteiger partial charge in [-0.1, -0.05) is 12.1 Å². The molecule has 1 aromatic heterocycles. The zero-order valence-electron chi connectivity index (χ0n) is 18.3. The summed E-state index contributed by atoms with van der Waals surface area (Å²) in [6.07, 6.45) is 1.35. The Bertz CT molecular complexity index is 989. The average Bonchev–Trinajstić information content (AvgIpc) is 3.29. The van der Waals surface area contributed by atoms with E-state index in [9.17, 15) is 13.2 Å². The molecule has 2 unspecified atom stereocenters. The molecule has 1 aromatic carbocycles. The van der Waals surface area contributed by atoms with Crippen molar-refractivity contribution in [3.05, 3.63) is 41.3 Å². The van der Waals surface area contributed by atoms with Gasteiger partial charge in [-0.3, -0.25) is 4.79 Å². The SMILES string of the molecule is COc1cc(C(C)NC(=O)C2CCCN(S(=O)(=O)c3cccs3)C2)ccc1OC(C)C. The molecule has 0 spiro atoms. The number of rotatable bonds is 8. The summed E-state index contributed by atoms with van der Waals surface area (Å²) in [5.41, 5.74) is 0.889. The molecular formula is C22H30N2O5S2. The van der Waals surface area contributed by atoms with E-state index in [0.29, 0.717) is 35.1 Å². The number of ether oxygens (including phenoxy) is 2. The van der Waals surface area contributed by atoms with Gasteiger partial charge in [-0.15, -0.1) is 11.3 Å². The maximum atomic E-state index is 12.9. The van der Waals surface area contributed by atoms with Gasteiger partial charge in [-0.2, -0.15) is 4.31 Å². The molecule has 0 radical (unpaired) electrons. The molecule has 9 heteroatoms. The molecule has 0 saturated carbocycles. The standard InChI is InChI=1S/C22H30N2O5S2/c1-15(2)29-19-10-9-17(13-20(19)28-4)16(3)23-22(25)18-7-5-11-24(14-18)31(26,27)21-8-6-12-30-21/h6,8-10,12-13,15-16,18H,5,7,11,14H2,1-4H3,(H,23,25). The highest BCUT2D eigenvalue weighted by atomic mass is 32.2. The number of thiophene rings is 1. The third kappa shape index (κ3) is 5.58. The highest BCUT2D eigenvalue weighted by molar-refractivity contribution is 7.91. The minimum atomic E-state index is -3.55. The number of benzene rings is 1. The van der Waals surface area contributed by atoms with Gasteiger partial charge in [0.05, 0.1) is 25.2 Å². The maximum absolute atomic E-state index is 12.9. The number of carbonyl (C=O) groups excluding carboxylic acids is 1. The topological polar surface area (TPSA) is 84.9 Å². The molecule has 0 aliphatic carbocycles. The van der Waals surface area contributed by atoms with Crippen molar-refractivity contribution in [3.63, 3.8) is 0 Å². The number of piperidine rings is 1. The Morgan fingerprint density at radius 2 is 2.00 bits per heavy atom. The Labute approximate surface area is 188 Å². The van der Waals surface area contributed by atoms with Crippen molar-refractivity contribution in [2.75, 3.05) is 20.2 Å². The van der Waals surface area contributed by atoms with Gasteiger partial charge in [0.2, 0.25) is 5.91 Å². The maximum Gasteiger partial charge on any atom is 0.252 e. The number of hydrogen-bond acceptors (Lipinski definition) is 6. The minimum absolute atomic E-state index is 0.0246. The molecule has 2 aromatic rings. The van der Waals surface area contributed by atoms with Crippen LogP contribution >= 0.6 is 11.3 Å². The Kier molecular flexibility index (Phi) is 7.61. The van der Waals surface area contributed by atoms with Crippen LogP contribution in [0.4, 0.5) is 0 Å². The van der Waals surface area contributed by atoms with Crippen molar-refractivity contribution < 1.29 is 22.7 Å². The van der Waals surface area contributed by atoms with E-state index in [-0.39, 0.29) is 30.5 Å². The molecule has 2 atom stereocenters. The van der Waals surface area contributed by atoms with Gasteiger partial charge in [0, 0.05) is 13.1 Å². The summed E-state index contributed by atoms with van der Waals surface area (Å²) in [6, 6.07) is 8.67. The molecule has 1 amide bonds. The van der Waals surface area contributed by atoms with E-state index < -0.39 is 10.0 Å². The van der Waals surface area contributed by atoms with Crippen LogP contribution in [-0.4, -0.2) is 44.9 Å². The van der Waals surface area contributed by atoms with Crippen LogP contribution < -0.4 is 14.8 Å². The first-order valence-electron chi connectivity index (χ1n) is 10.4. The van der Waals surface area contributed by atoms with Gasteiger partial charge in [-0.05, 0) is 62.8 Å². The summed E-state index contributed by atoms with van der Waals surface area (Å²) in [6.45, 7) is 6.43. The van der Waals surface area contributed by atoms with Crippen LogP contribution in [0.25, 0.3) is 0 Å². The normalized spacial score (nSPS) is 18.5. The van der Waals surface area contributed by atoms with E-state index in [0.717, 1.165) is 5.56 Å². The number of carbonyl (C=O) groups is 1. The van der Waals surface area contributed by atoms with E-state index in [1.807, 2.05) is 39.0 Å². The lowest BCUT2D eigenvalue weighted by molar-refractivity contribution is -0.126. The molecule has 1 saturated heterocycles. The fourth-order valence-electron chi connectivity index (χ4n) is 3.63. The molecule has 31 heavy (non-hydrogen) atoms. The van der Waals surface area contributed by atoms with E-state index in [4.69, 9.17) is 9.47 Å². The second-order valence-electron chi connectivity index (χ2n) is 7.94. The molecule has 170 valence electrons. The van der Waals surface area contributed by atoms with E-state index >= 15 is 0 Å². The zero-order chi connectivity index (χ0) is 22.6. The third-order valence-corrected chi connectivity index (χ3v) is 8.49. The van der Waals surface area contributed by atoms with Gasteiger partial charge in [0.1, 0.15) is 4.21 Å². The van der Waals surface area contributed by atoms with Crippen LogP contribution in [0, 0.1) is 5.92 Å². The van der Waals surface area contributed by atoms with Crippen LogP contribution in [-0.2, 0) is 14.8 Å². The zero-order valence-corrected chi connectivity index (χ0v) is 20.0. The molecule has 1 N–H and O–H groups in total. The summed E-state index contributed by atoms with van der Waals surface area (Å²) < 4.78 is 38.6. The lowest BCUT2D eigenvalue weighted by Gasteiger charge is -2.31. The van der Waals surface area contributed by atoms with Crippen molar-refractivity contribution in [3.8, 4) is 11.5 Å². The Morgan fingerprint density at radius 3 is 2.65 bits per heavy atom. The summed E-state index contributed by atoms with van der Waals surface area (Å²) in [5, 5.41) is 4.77. The number of nitrogens with zero attached hydrogens (tertiary/aromatic N) is 1. The van der Waals surface area contributed by atoms with Gasteiger partial charge >= 0.3 is 0 Å². The van der Waals surface area contributed by atoms with Gasteiger partial charge in [-0.25, -0.2) is 8.42 Å². The van der Waals surface area contributed by atoms with Gasteiger partial charge in [0.15, 0.2) is 11.5 Å². The van der Waals surface area contributed by atoms with Gasteiger partial charge < -0.3 is 14.8 Å². The summed E-state index contributed by atoms with van der Waals surface area (Å²) >= 11 is 1.20. The largest absolute Gasteiger partial charge is 0.493 e. The molecular weight excluding hydrogens is 436 g/mol. The number of amides is 1. The lowest BCUT2D eigenvalue weighted by atomic mass is 9.98. The predicted molar refractivity (Wildman–Crippen MR) is 121 cm³/mol. The fraction of sp³-hybridized carbons (Fsp3) is 0.500. The van der Waals surface area contributed by atoms with Crippen molar-refractivity contribution in [2.45, 2.75) is 50.0 Å². The number of hydrogen-bond donors (Lipinski definition) is 1. The third-order valence-electron chi connectivity index (χ3n) is 5.25. The summed E-state index contributed by atoms with van der Waals surface area (Å²) in [4.78, 5) is 12.9. The first-order valence-corrected chi connectivity index (χ1v) is 12.7. The number of nitrogens with one attached hydrogen (secondary N) is 1.